The Bertz CT molecular complexity index is 837. The number of aromatic nitrogens is 3. The van der Waals surface area contributed by atoms with E-state index in [-0.39, 0.29) is 24.0 Å². The second-order valence-electron chi connectivity index (χ2n) is 7.67. The van der Waals surface area contributed by atoms with E-state index in [2.05, 4.69) is 10.1 Å². The van der Waals surface area contributed by atoms with Crippen molar-refractivity contribution in [2.24, 2.45) is 13.0 Å². The Morgan fingerprint density at radius 3 is 2.96 bits per heavy atom. The predicted molar refractivity (Wildman–Crippen MR) is 104 cm³/mol. The van der Waals surface area contributed by atoms with Crippen LogP contribution in [0.25, 0.3) is 0 Å². The van der Waals surface area contributed by atoms with E-state index in [1.165, 1.54) is 0 Å². The van der Waals surface area contributed by atoms with E-state index in [1.807, 2.05) is 49.3 Å². The van der Waals surface area contributed by atoms with Crippen molar-refractivity contribution < 1.29 is 14.3 Å². The number of hydrogen-bond donors (Lipinski definition) is 0. The lowest BCUT2D eigenvalue weighted by molar-refractivity contribution is -0.136. The fourth-order valence-corrected chi connectivity index (χ4v) is 4.01. The van der Waals surface area contributed by atoms with Crippen LogP contribution < -0.4 is 9.64 Å². The van der Waals surface area contributed by atoms with Gasteiger partial charge < -0.3 is 19.3 Å². The molecule has 0 spiro atoms. The van der Waals surface area contributed by atoms with Crippen molar-refractivity contribution in [3.8, 4) is 5.75 Å². The van der Waals surface area contributed by atoms with Gasteiger partial charge >= 0.3 is 0 Å². The number of nitrogens with zero attached hydrogens (tertiary/aromatic N) is 5. The SMILES string of the molecule is CN(C)c1ncccc1OC1CCN(C(=O)[C@H]2CCO[C@@H]2c2cnn(C)c2)C1. The molecule has 4 rings (SSSR count). The highest BCUT2D eigenvalue weighted by atomic mass is 16.5. The highest BCUT2D eigenvalue weighted by Gasteiger charge is 2.40. The number of anilines is 1. The second-order valence-corrected chi connectivity index (χ2v) is 7.67. The van der Waals surface area contributed by atoms with E-state index >= 15 is 0 Å². The monoisotopic (exact) mass is 385 g/mol. The molecule has 3 atom stereocenters. The topological polar surface area (TPSA) is 72.7 Å². The fraction of sp³-hybridized carbons (Fsp3) is 0.550. The van der Waals surface area contributed by atoms with Crippen LogP contribution in [-0.2, 0) is 16.6 Å². The molecule has 2 saturated heterocycles. The van der Waals surface area contributed by atoms with Gasteiger partial charge in [-0.25, -0.2) is 4.98 Å². The Balaban J connectivity index is 1.41. The number of pyridine rings is 1. The summed E-state index contributed by atoms with van der Waals surface area (Å²) in [6, 6.07) is 3.80. The Hall–Kier alpha value is -2.61. The molecule has 0 aliphatic carbocycles. The molecule has 0 radical (unpaired) electrons. The molecule has 150 valence electrons. The Labute approximate surface area is 165 Å². The molecule has 1 unspecified atom stereocenters. The van der Waals surface area contributed by atoms with E-state index in [1.54, 1.807) is 17.1 Å². The van der Waals surface area contributed by atoms with Crippen LogP contribution in [-0.4, -0.2) is 65.5 Å². The summed E-state index contributed by atoms with van der Waals surface area (Å²) in [4.78, 5) is 21.4. The zero-order valence-electron chi connectivity index (χ0n) is 16.6. The molecule has 28 heavy (non-hydrogen) atoms. The van der Waals surface area contributed by atoms with Gasteiger partial charge in [0.25, 0.3) is 0 Å². The number of ether oxygens (including phenoxy) is 2. The van der Waals surface area contributed by atoms with Crippen molar-refractivity contribution in [3.05, 3.63) is 36.3 Å². The van der Waals surface area contributed by atoms with Gasteiger partial charge in [0.2, 0.25) is 5.91 Å². The van der Waals surface area contributed by atoms with E-state index in [9.17, 15) is 4.79 Å². The number of rotatable bonds is 5. The fourth-order valence-electron chi connectivity index (χ4n) is 4.01. The lowest BCUT2D eigenvalue weighted by Gasteiger charge is -2.24. The van der Waals surface area contributed by atoms with Gasteiger partial charge in [0, 0.05) is 58.7 Å². The highest BCUT2D eigenvalue weighted by molar-refractivity contribution is 5.80. The van der Waals surface area contributed by atoms with Crippen molar-refractivity contribution in [2.75, 3.05) is 38.7 Å². The summed E-state index contributed by atoms with van der Waals surface area (Å²) in [5.41, 5.74) is 0.969. The first kappa shape index (κ1) is 18.7. The van der Waals surface area contributed by atoms with Crippen molar-refractivity contribution in [1.82, 2.24) is 19.7 Å². The molecular formula is C20H27N5O3. The molecule has 0 saturated carbocycles. The summed E-state index contributed by atoms with van der Waals surface area (Å²) in [7, 11) is 5.76. The zero-order chi connectivity index (χ0) is 19.7. The number of hydrogen-bond acceptors (Lipinski definition) is 6. The van der Waals surface area contributed by atoms with E-state index in [0.29, 0.717) is 19.7 Å². The van der Waals surface area contributed by atoms with Gasteiger partial charge in [-0.2, -0.15) is 5.10 Å². The third-order valence-electron chi connectivity index (χ3n) is 5.39. The molecule has 0 aromatic carbocycles. The van der Waals surface area contributed by atoms with Crippen LogP contribution in [0.5, 0.6) is 5.75 Å². The van der Waals surface area contributed by atoms with E-state index < -0.39 is 0 Å². The van der Waals surface area contributed by atoms with Crippen LogP contribution in [0.15, 0.2) is 30.7 Å². The summed E-state index contributed by atoms with van der Waals surface area (Å²) < 4.78 is 13.8. The Morgan fingerprint density at radius 2 is 2.21 bits per heavy atom. The molecule has 2 aromatic rings. The minimum Gasteiger partial charge on any atom is -0.485 e. The number of aryl methyl sites for hydroxylation is 1. The largest absolute Gasteiger partial charge is 0.485 e. The molecular weight excluding hydrogens is 358 g/mol. The summed E-state index contributed by atoms with van der Waals surface area (Å²) in [5, 5.41) is 4.22. The Kier molecular flexibility index (Phi) is 5.21. The van der Waals surface area contributed by atoms with Crippen molar-refractivity contribution in [1.29, 1.82) is 0 Å². The van der Waals surface area contributed by atoms with Gasteiger partial charge in [-0.3, -0.25) is 9.48 Å². The normalized spacial score (nSPS) is 24.5. The van der Waals surface area contributed by atoms with Crippen molar-refractivity contribution >= 4 is 11.7 Å². The van der Waals surface area contributed by atoms with Crippen molar-refractivity contribution in [3.63, 3.8) is 0 Å². The van der Waals surface area contributed by atoms with Gasteiger partial charge in [0.05, 0.1) is 24.8 Å². The maximum absolute atomic E-state index is 13.2. The van der Waals surface area contributed by atoms with E-state index in [4.69, 9.17) is 9.47 Å². The molecule has 1 amide bonds. The van der Waals surface area contributed by atoms with Gasteiger partial charge in [0.1, 0.15) is 6.10 Å². The third-order valence-corrected chi connectivity index (χ3v) is 5.39. The molecule has 8 nitrogen and oxygen atoms in total. The lowest BCUT2D eigenvalue weighted by Crippen LogP contribution is -2.37. The molecule has 2 aliphatic heterocycles. The average molecular weight is 385 g/mol. The average Bonchev–Trinajstić information content (AvgIpc) is 3.41. The predicted octanol–water partition coefficient (Wildman–Crippen LogP) is 1.64. The molecule has 4 heterocycles. The first-order valence-corrected chi connectivity index (χ1v) is 9.71. The maximum Gasteiger partial charge on any atom is 0.228 e. The highest BCUT2D eigenvalue weighted by Crippen LogP contribution is 2.36. The molecule has 0 bridgehead atoms. The number of carbonyl (C=O) groups excluding carboxylic acids is 1. The Morgan fingerprint density at radius 1 is 1.36 bits per heavy atom. The second kappa shape index (κ2) is 7.79. The van der Waals surface area contributed by atoms with Crippen LogP contribution in [0.4, 0.5) is 5.82 Å². The summed E-state index contributed by atoms with van der Waals surface area (Å²) in [5.74, 6) is 1.55. The molecule has 8 heteroatoms. The maximum atomic E-state index is 13.2. The van der Waals surface area contributed by atoms with Crippen molar-refractivity contribution in [2.45, 2.75) is 25.0 Å². The minimum atomic E-state index is -0.208. The van der Waals surface area contributed by atoms with Gasteiger partial charge in [0.15, 0.2) is 11.6 Å². The van der Waals surface area contributed by atoms with Crippen LogP contribution in [0.2, 0.25) is 0 Å². The summed E-state index contributed by atoms with van der Waals surface area (Å²) in [6.45, 7) is 1.90. The zero-order valence-corrected chi connectivity index (χ0v) is 16.6. The molecule has 2 aromatic heterocycles. The minimum absolute atomic E-state index is 0.0222. The molecule has 2 aliphatic rings. The molecule has 0 N–H and O–H groups in total. The van der Waals surface area contributed by atoms with Crippen LogP contribution in [0.1, 0.15) is 24.5 Å². The smallest absolute Gasteiger partial charge is 0.228 e. The quantitative estimate of drug-likeness (QED) is 0.779. The third kappa shape index (κ3) is 3.69. The van der Waals surface area contributed by atoms with Gasteiger partial charge in [-0.15, -0.1) is 0 Å². The summed E-state index contributed by atoms with van der Waals surface area (Å²) >= 11 is 0. The standard InChI is InChI=1S/C20H27N5O3/c1-23(2)19-17(5-4-8-21-19)28-15-6-9-25(13-15)20(26)16-7-10-27-18(16)14-11-22-24(3)12-14/h4-5,8,11-12,15-16,18H,6-7,9-10,13H2,1-3H3/t15?,16-,18+/m0/s1. The number of likely N-dealkylation sites (tertiary alicyclic amines) is 1. The number of carbonyl (C=O) groups is 1. The lowest BCUT2D eigenvalue weighted by atomic mass is 9.96. The molecule has 2 fully saturated rings. The van der Waals surface area contributed by atoms with Crippen LogP contribution >= 0.6 is 0 Å². The van der Waals surface area contributed by atoms with E-state index in [0.717, 1.165) is 30.0 Å². The van der Waals surface area contributed by atoms with Gasteiger partial charge in [-0.1, -0.05) is 0 Å². The van der Waals surface area contributed by atoms with Gasteiger partial charge in [-0.05, 0) is 18.6 Å². The summed E-state index contributed by atoms with van der Waals surface area (Å²) in [6.07, 6.45) is 6.80. The first-order chi connectivity index (χ1) is 13.5. The van der Waals surface area contributed by atoms with Crippen LogP contribution in [0, 0.1) is 5.92 Å². The van der Waals surface area contributed by atoms with Crippen LogP contribution in [0.3, 0.4) is 0 Å². The first-order valence-electron chi connectivity index (χ1n) is 9.71. The number of amides is 1.